The smallest absolute Gasteiger partial charge is 0.257 e. The highest BCUT2D eigenvalue weighted by molar-refractivity contribution is 7.22. The van der Waals surface area contributed by atoms with Crippen molar-refractivity contribution < 1.29 is 14.3 Å². The molecular weight excluding hydrogens is 360 g/mol. The summed E-state index contributed by atoms with van der Waals surface area (Å²) in [6.07, 6.45) is 2.32. The van der Waals surface area contributed by atoms with Gasteiger partial charge in [-0.3, -0.25) is 10.1 Å². The van der Waals surface area contributed by atoms with Crippen molar-refractivity contribution in [3.8, 4) is 5.75 Å². The topological polar surface area (TPSA) is 60.5 Å². The molecule has 1 aliphatic rings. The summed E-state index contributed by atoms with van der Waals surface area (Å²) in [4.78, 5) is 17.1. The Bertz CT molecular complexity index is 959. The molecule has 0 unspecified atom stereocenters. The minimum absolute atomic E-state index is 0.172. The van der Waals surface area contributed by atoms with Crippen molar-refractivity contribution in [3.63, 3.8) is 0 Å². The van der Waals surface area contributed by atoms with Gasteiger partial charge < -0.3 is 9.47 Å². The number of hydrogen-bond donors (Lipinski definition) is 1. The first-order chi connectivity index (χ1) is 13.1. The molecule has 1 aromatic heterocycles. The molecule has 1 aliphatic heterocycles. The number of nitrogens with zero attached hydrogens (tertiary/aromatic N) is 1. The predicted molar refractivity (Wildman–Crippen MR) is 108 cm³/mol. The summed E-state index contributed by atoms with van der Waals surface area (Å²) in [5.74, 6) is 0.572. The zero-order valence-electron chi connectivity index (χ0n) is 15.5. The summed E-state index contributed by atoms with van der Waals surface area (Å²) in [5.41, 5.74) is 3.83. The molecule has 1 fully saturated rings. The molecule has 2 heterocycles. The standard InChI is InChI=1S/C21H22N2O3S/c1-13-10-14(2)19-18(11-13)27-21(22-19)23-20(24)15-5-7-16(8-6-15)26-12-17-4-3-9-25-17/h5-8,10-11,17H,3-4,9,12H2,1-2H3,(H,22,23,24)/t17-/m0/s1. The number of amides is 1. The lowest BCUT2D eigenvalue weighted by atomic mass is 10.1. The fraction of sp³-hybridized carbons (Fsp3) is 0.333. The monoisotopic (exact) mass is 382 g/mol. The number of aryl methyl sites for hydroxylation is 2. The van der Waals surface area contributed by atoms with Gasteiger partial charge in [0.1, 0.15) is 12.4 Å². The van der Waals surface area contributed by atoms with Crippen molar-refractivity contribution in [1.29, 1.82) is 0 Å². The van der Waals surface area contributed by atoms with Crippen LogP contribution in [-0.2, 0) is 4.74 Å². The van der Waals surface area contributed by atoms with Gasteiger partial charge in [0, 0.05) is 12.2 Å². The second kappa shape index (κ2) is 7.66. The van der Waals surface area contributed by atoms with Crippen LogP contribution in [0.2, 0.25) is 0 Å². The quantitative estimate of drug-likeness (QED) is 0.693. The molecule has 0 bridgehead atoms. The van der Waals surface area contributed by atoms with E-state index in [-0.39, 0.29) is 12.0 Å². The van der Waals surface area contributed by atoms with Crippen molar-refractivity contribution in [2.45, 2.75) is 32.8 Å². The van der Waals surface area contributed by atoms with Crippen LogP contribution in [-0.4, -0.2) is 30.2 Å². The van der Waals surface area contributed by atoms with E-state index in [1.54, 1.807) is 12.1 Å². The Hall–Kier alpha value is -2.44. The molecule has 1 saturated heterocycles. The van der Waals surface area contributed by atoms with Crippen LogP contribution >= 0.6 is 11.3 Å². The van der Waals surface area contributed by atoms with Gasteiger partial charge in [-0.05, 0) is 68.1 Å². The number of hydrogen-bond acceptors (Lipinski definition) is 5. The summed E-state index contributed by atoms with van der Waals surface area (Å²) in [7, 11) is 0. The van der Waals surface area contributed by atoms with Crippen molar-refractivity contribution in [2.75, 3.05) is 18.5 Å². The van der Waals surface area contributed by atoms with Crippen molar-refractivity contribution in [2.24, 2.45) is 0 Å². The average molecular weight is 382 g/mol. The normalized spacial score (nSPS) is 16.6. The number of ether oxygens (including phenoxy) is 2. The number of carbonyl (C=O) groups is 1. The van der Waals surface area contributed by atoms with Gasteiger partial charge in [-0.2, -0.15) is 0 Å². The van der Waals surface area contributed by atoms with Crippen LogP contribution in [0.5, 0.6) is 5.75 Å². The maximum atomic E-state index is 12.5. The van der Waals surface area contributed by atoms with E-state index in [2.05, 4.69) is 29.4 Å². The molecule has 1 atom stereocenters. The van der Waals surface area contributed by atoms with Gasteiger partial charge in [0.2, 0.25) is 0 Å². The van der Waals surface area contributed by atoms with Gasteiger partial charge in [-0.1, -0.05) is 17.4 Å². The van der Waals surface area contributed by atoms with Crippen molar-refractivity contribution in [1.82, 2.24) is 4.98 Å². The summed E-state index contributed by atoms with van der Waals surface area (Å²) >= 11 is 1.49. The largest absolute Gasteiger partial charge is 0.491 e. The van der Waals surface area contributed by atoms with E-state index in [0.29, 0.717) is 17.3 Å². The zero-order chi connectivity index (χ0) is 18.8. The van der Waals surface area contributed by atoms with E-state index in [1.165, 1.54) is 16.9 Å². The first-order valence-corrected chi connectivity index (χ1v) is 9.94. The SMILES string of the molecule is Cc1cc(C)c2nc(NC(=O)c3ccc(OC[C@@H]4CCCO4)cc3)sc2c1. The first-order valence-electron chi connectivity index (χ1n) is 9.12. The highest BCUT2D eigenvalue weighted by atomic mass is 32.1. The fourth-order valence-corrected chi connectivity index (χ4v) is 4.30. The predicted octanol–water partition coefficient (Wildman–Crippen LogP) is 4.72. The second-order valence-electron chi connectivity index (χ2n) is 6.87. The Labute approximate surface area is 162 Å². The Morgan fingerprint density at radius 1 is 1.30 bits per heavy atom. The number of anilines is 1. The molecule has 6 heteroatoms. The Morgan fingerprint density at radius 3 is 2.85 bits per heavy atom. The van der Waals surface area contributed by atoms with Gasteiger partial charge in [0.15, 0.2) is 5.13 Å². The van der Waals surface area contributed by atoms with E-state index in [4.69, 9.17) is 9.47 Å². The lowest BCUT2D eigenvalue weighted by molar-refractivity contribution is 0.0679. The minimum Gasteiger partial charge on any atom is -0.491 e. The third kappa shape index (κ3) is 4.12. The van der Waals surface area contributed by atoms with Crippen LogP contribution in [0.15, 0.2) is 36.4 Å². The maximum absolute atomic E-state index is 12.5. The maximum Gasteiger partial charge on any atom is 0.257 e. The molecule has 0 aliphatic carbocycles. The van der Waals surface area contributed by atoms with Crippen LogP contribution in [0, 0.1) is 13.8 Å². The van der Waals surface area contributed by atoms with Gasteiger partial charge in [-0.15, -0.1) is 0 Å². The van der Waals surface area contributed by atoms with E-state index in [0.717, 1.165) is 41.0 Å². The Balaban J connectivity index is 1.41. The van der Waals surface area contributed by atoms with Crippen molar-refractivity contribution >= 4 is 32.6 Å². The molecule has 1 N–H and O–H groups in total. The van der Waals surface area contributed by atoms with Crippen LogP contribution < -0.4 is 10.1 Å². The minimum atomic E-state index is -0.172. The summed E-state index contributed by atoms with van der Waals surface area (Å²) < 4.78 is 12.4. The summed E-state index contributed by atoms with van der Waals surface area (Å²) in [6, 6.07) is 11.4. The van der Waals surface area contributed by atoms with Crippen LogP contribution in [0.4, 0.5) is 5.13 Å². The third-order valence-electron chi connectivity index (χ3n) is 4.63. The summed E-state index contributed by atoms with van der Waals surface area (Å²) in [6.45, 7) is 5.47. The molecule has 3 aromatic rings. The van der Waals surface area contributed by atoms with Gasteiger partial charge in [0.05, 0.1) is 16.3 Å². The first kappa shape index (κ1) is 17.9. The number of fused-ring (bicyclic) bond motifs is 1. The molecule has 140 valence electrons. The average Bonchev–Trinajstić information content (AvgIpc) is 3.30. The molecule has 1 amide bonds. The Kier molecular flexibility index (Phi) is 5.09. The van der Waals surface area contributed by atoms with Crippen LogP contribution in [0.25, 0.3) is 10.2 Å². The molecule has 0 radical (unpaired) electrons. The molecule has 27 heavy (non-hydrogen) atoms. The zero-order valence-corrected chi connectivity index (χ0v) is 16.3. The molecule has 0 spiro atoms. The van der Waals surface area contributed by atoms with Gasteiger partial charge in [0.25, 0.3) is 5.91 Å². The highest BCUT2D eigenvalue weighted by Crippen LogP contribution is 2.29. The van der Waals surface area contributed by atoms with Crippen LogP contribution in [0.3, 0.4) is 0 Å². The second-order valence-corrected chi connectivity index (χ2v) is 7.90. The van der Waals surface area contributed by atoms with Gasteiger partial charge >= 0.3 is 0 Å². The number of carbonyl (C=O) groups excluding carboxylic acids is 1. The van der Waals surface area contributed by atoms with Gasteiger partial charge in [-0.25, -0.2) is 4.98 Å². The van der Waals surface area contributed by atoms with E-state index >= 15 is 0 Å². The van der Waals surface area contributed by atoms with Crippen LogP contribution in [0.1, 0.15) is 34.3 Å². The molecule has 5 nitrogen and oxygen atoms in total. The number of aromatic nitrogens is 1. The van der Waals surface area contributed by atoms with E-state index in [1.807, 2.05) is 19.1 Å². The lowest BCUT2D eigenvalue weighted by Crippen LogP contribution is -2.16. The fourth-order valence-electron chi connectivity index (χ4n) is 3.26. The number of nitrogens with one attached hydrogen (secondary N) is 1. The summed E-state index contributed by atoms with van der Waals surface area (Å²) in [5, 5.41) is 3.51. The molecular formula is C21H22N2O3S. The number of benzene rings is 2. The van der Waals surface area contributed by atoms with E-state index in [9.17, 15) is 4.79 Å². The van der Waals surface area contributed by atoms with Crippen molar-refractivity contribution in [3.05, 3.63) is 53.1 Å². The number of rotatable bonds is 5. The number of thiazole rings is 1. The lowest BCUT2D eigenvalue weighted by Gasteiger charge is -2.11. The molecule has 2 aromatic carbocycles. The molecule has 0 saturated carbocycles. The molecule has 4 rings (SSSR count). The Morgan fingerprint density at radius 2 is 2.11 bits per heavy atom. The third-order valence-corrected chi connectivity index (χ3v) is 5.54. The van der Waals surface area contributed by atoms with E-state index < -0.39 is 0 Å². The highest BCUT2D eigenvalue weighted by Gasteiger charge is 2.16.